The molecule has 0 N–H and O–H groups in total. The van der Waals surface area contributed by atoms with E-state index in [0.29, 0.717) is 0 Å². The lowest BCUT2D eigenvalue weighted by Gasteiger charge is -2.08. The predicted octanol–water partition coefficient (Wildman–Crippen LogP) is 5.24. The lowest BCUT2D eigenvalue weighted by atomic mass is 9.98. The number of hydrogen-bond donors (Lipinski definition) is 0. The van der Waals surface area contributed by atoms with Gasteiger partial charge in [-0.25, -0.2) is 0 Å². The topological polar surface area (TPSA) is 17.1 Å². The number of rotatable bonds is 0. The third kappa shape index (κ3) is 9.80. The molecule has 1 aliphatic carbocycles. The fourth-order valence-corrected chi connectivity index (χ4v) is 1.52. The molecule has 1 heteroatoms. The largest absolute Gasteiger partial charge is 0.300 e. The van der Waals surface area contributed by atoms with Crippen LogP contribution in [0.5, 0.6) is 0 Å². The number of carbonyl (C=O) groups is 1. The predicted molar refractivity (Wildman–Crippen MR) is 78.2 cm³/mol. The van der Waals surface area contributed by atoms with Crippen molar-refractivity contribution in [3.8, 4) is 0 Å². The van der Waals surface area contributed by atoms with Gasteiger partial charge < -0.3 is 4.79 Å². The van der Waals surface area contributed by atoms with Crippen LogP contribution in [0.1, 0.15) is 61.7 Å². The van der Waals surface area contributed by atoms with Crippen LogP contribution < -0.4 is 0 Å². The second-order valence-electron chi connectivity index (χ2n) is 4.95. The molecule has 0 aromatic carbocycles. The summed E-state index contributed by atoms with van der Waals surface area (Å²) >= 11 is 0. The van der Waals surface area contributed by atoms with Gasteiger partial charge in [0.05, 0.1) is 0 Å². The van der Waals surface area contributed by atoms with E-state index in [1.807, 2.05) is 0 Å². The third-order valence-electron chi connectivity index (χ3n) is 2.83. The summed E-state index contributed by atoms with van der Waals surface area (Å²) in [6, 6.07) is 0. The van der Waals surface area contributed by atoms with E-state index in [0.717, 1.165) is 0 Å². The summed E-state index contributed by atoms with van der Waals surface area (Å²) in [6.45, 7) is 9.81. The van der Waals surface area contributed by atoms with Crippen molar-refractivity contribution >= 4 is 5.78 Å². The van der Waals surface area contributed by atoms with Crippen LogP contribution in [0.4, 0.5) is 0 Å². The molecule has 1 aliphatic rings. The molecule has 0 spiro atoms. The first kappa shape index (κ1) is 15.9. The molecule has 0 heterocycles. The van der Waals surface area contributed by atoms with E-state index in [2.05, 4.69) is 39.0 Å². The summed E-state index contributed by atoms with van der Waals surface area (Å²) in [5.41, 5.74) is 4.66. The Bertz CT molecular complexity index is 331. The highest BCUT2D eigenvalue weighted by Gasteiger charge is 1.98. The Morgan fingerprint density at radius 2 is 1.59 bits per heavy atom. The normalized spacial score (nSPS) is 26.1. The molecule has 0 aromatic rings. The molecule has 0 unspecified atom stereocenters. The van der Waals surface area contributed by atoms with Gasteiger partial charge in [-0.2, -0.15) is 0 Å². The molecule has 0 saturated carbocycles. The maximum absolute atomic E-state index is 9.44. The Hall–Kier alpha value is -1.11. The molecule has 0 aromatic heterocycles. The van der Waals surface area contributed by atoms with Crippen LogP contribution >= 0.6 is 0 Å². The lowest BCUT2D eigenvalue weighted by Crippen LogP contribution is -1.88. The van der Waals surface area contributed by atoms with E-state index < -0.39 is 0 Å². The second kappa shape index (κ2) is 8.98. The van der Waals surface area contributed by atoms with Gasteiger partial charge in [0.2, 0.25) is 0 Å². The third-order valence-corrected chi connectivity index (χ3v) is 2.83. The fourth-order valence-electron chi connectivity index (χ4n) is 1.52. The molecular formula is C16H28O. The van der Waals surface area contributed by atoms with E-state index in [4.69, 9.17) is 0 Å². The van der Waals surface area contributed by atoms with Crippen LogP contribution in [0.15, 0.2) is 34.9 Å². The highest BCUT2D eigenvalue weighted by Crippen LogP contribution is 2.19. The first-order chi connectivity index (χ1) is 7.93. The van der Waals surface area contributed by atoms with Crippen LogP contribution in [-0.4, -0.2) is 5.78 Å². The van der Waals surface area contributed by atoms with Crippen molar-refractivity contribution in [2.75, 3.05) is 0 Å². The van der Waals surface area contributed by atoms with Gasteiger partial charge in [-0.1, -0.05) is 34.9 Å². The van der Waals surface area contributed by atoms with E-state index in [9.17, 15) is 4.79 Å². The SMILES string of the molecule is C/C1=C\C=C/CC/C(C)=C(\C)CC1.CC(C)=O.[HH]. The van der Waals surface area contributed by atoms with Gasteiger partial charge >= 0.3 is 0 Å². The molecular weight excluding hydrogens is 208 g/mol. The lowest BCUT2D eigenvalue weighted by molar-refractivity contribution is -0.114. The monoisotopic (exact) mass is 236 g/mol. The number of allylic oxidation sites excluding steroid dienone is 6. The van der Waals surface area contributed by atoms with Crippen LogP contribution in [0.2, 0.25) is 0 Å². The average Bonchev–Trinajstić information content (AvgIpc) is 2.23. The van der Waals surface area contributed by atoms with Gasteiger partial charge in [-0.3, -0.25) is 0 Å². The van der Waals surface area contributed by atoms with E-state index in [-0.39, 0.29) is 7.21 Å². The number of hydrogen-bond acceptors (Lipinski definition) is 1. The zero-order valence-corrected chi connectivity index (χ0v) is 12.0. The maximum atomic E-state index is 9.44. The Labute approximate surface area is 108 Å². The van der Waals surface area contributed by atoms with Crippen molar-refractivity contribution in [1.82, 2.24) is 0 Å². The Morgan fingerprint density at radius 3 is 2.18 bits per heavy atom. The summed E-state index contributed by atoms with van der Waals surface area (Å²) in [4.78, 5) is 9.44. The van der Waals surface area contributed by atoms with E-state index in [1.54, 1.807) is 11.1 Å². The summed E-state index contributed by atoms with van der Waals surface area (Å²) < 4.78 is 0. The van der Waals surface area contributed by atoms with Crippen molar-refractivity contribution in [3.63, 3.8) is 0 Å². The summed E-state index contributed by atoms with van der Waals surface area (Å²) in [5, 5.41) is 0. The van der Waals surface area contributed by atoms with Crippen molar-refractivity contribution in [2.24, 2.45) is 0 Å². The van der Waals surface area contributed by atoms with Crippen molar-refractivity contribution < 1.29 is 6.22 Å². The molecule has 1 rings (SSSR count). The maximum Gasteiger partial charge on any atom is 0.126 e. The van der Waals surface area contributed by atoms with E-state index in [1.165, 1.54) is 45.1 Å². The smallest absolute Gasteiger partial charge is 0.126 e. The minimum absolute atomic E-state index is 0. The van der Waals surface area contributed by atoms with Gasteiger partial charge in [-0.05, 0) is 60.3 Å². The standard InChI is InChI=1S/C13H20.C3H6O.H2/c1-11-7-5-4-6-8-12(2)13(3)10-9-11;1-3(2)4;/h4-5,7H,6,8-10H2,1-3H3;1-2H3;1H/b5-4-,11-7+,13-12+;;. The first-order valence-corrected chi connectivity index (χ1v) is 6.38. The molecule has 17 heavy (non-hydrogen) atoms. The Balaban J connectivity index is 0. The van der Waals surface area contributed by atoms with Crippen molar-refractivity contribution in [1.29, 1.82) is 0 Å². The Kier molecular flexibility index (Phi) is 8.39. The summed E-state index contributed by atoms with van der Waals surface area (Å²) in [7, 11) is 0. The highest BCUT2D eigenvalue weighted by molar-refractivity contribution is 5.72. The van der Waals surface area contributed by atoms with Gasteiger partial charge in [-0.15, -0.1) is 0 Å². The van der Waals surface area contributed by atoms with Crippen LogP contribution in [0.25, 0.3) is 0 Å². The zero-order chi connectivity index (χ0) is 13.3. The fraction of sp³-hybridized carbons (Fsp3) is 0.562. The van der Waals surface area contributed by atoms with E-state index >= 15 is 0 Å². The summed E-state index contributed by atoms with van der Waals surface area (Å²) in [6.07, 6.45) is 11.6. The van der Waals surface area contributed by atoms with Crippen LogP contribution in [0.3, 0.4) is 0 Å². The van der Waals surface area contributed by atoms with Crippen LogP contribution in [0, 0.1) is 0 Å². The van der Waals surface area contributed by atoms with Gasteiger partial charge in [0, 0.05) is 1.43 Å². The average molecular weight is 236 g/mol. The molecule has 0 fully saturated rings. The quantitative estimate of drug-likeness (QED) is 0.526. The molecule has 0 atom stereocenters. The Morgan fingerprint density at radius 1 is 1.06 bits per heavy atom. The van der Waals surface area contributed by atoms with Crippen molar-refractivity contribution in [2.45, 2.75) is 60.3 Å². The molecule has 0 bridgehead atoms. The summed E-state index contributed by atoms with van der Waals surface area (Å²) in [5.74, 6) is 0.167. The van der Waals surface area contributed by atoms with Gasteiger partial charge in [0.15, 0.2) is 0 Å². The molecule has 0 radical (unpaired) electrons. The molecule has 1 nitrogen and oxygen atoms in total. The molecule has 0 aliphatic heterocycles. The zero-order valence-electron chi connectivity index (χ0n) is 12.0. The first-order valence-electron chi connectivity index (χ1n) is 6.38. The molecule has 98 valence electrons. The van der Waals surface area contributed by atoms with Gasteiger partial charge in [0.1, 0.15) is 5.78 Å². The second-order valence-corrected chi connectivity index (χ2v) is 4.95. The number of carbonyl (C=O) groups excluding carboxylic acids is 1. The molecule has 0 saturated heterocycles. The minimum atomic E-state index is 0. The van der Waals surface area contributed by atoms with Crippen LogP contribution in [-0.2, 0) is 4.79 Å². The number of ketones is 1. The minimum Gasteiger partial charge on any atom is -0.300 e. The molecule has 0 amide bonds. The van der Waals surface area contributed by atoms with Gasteiger partial charge in [0.25, 0.3) is 0 Å². The number of Topliss-reactive ketones (excluding diaryl/α,β-unsaturated/α-hetero) is 1. The van der Waals surface area contributed by atoms with Crippen molar-refractivity contribution in [3.05, 3.63) is 34.9 Å². The highest BCUT2D eigenvalue weighted by atomic mass is 16.1.